The molecule has 2 nitrogen and oxygen atoms in total. The average molecular weight is 242 g/mol. The largest absolute Gasteiger partial charge is 0.488 e. The van der Waals surface area contributed by atoms with Crippen molar-refractivity contribution in [3.05, 3.63) is 28.2 Å². The van der Waals surface area contributed by atoms with E-state index in [0.717, 1.165) is 16.6 Å². The van der Waals surface area contributed by atoms with Gasteiger partial charge in [-0.05, 0) is 19.1 Å². The summed E-state index contributed by atoms with van der Waals surface area (Å²) in [6.45, 7) is 1.98. The van der Waals surface area contributed by atoms with Crippen LogP contribution >= 0.6 is 15.9 Å². The van der Waals surface area contributed by atoms with Gasteiger partial charge in [-0.25, -0.2) is 0 Å². The van der Waals surface area contributed by atoms with Gasteiger partial charge in [-0.15, -0.1) is 0 Å². The molecule has 0 radical (unpaired) electrons. The van der Waals surface area contributed by atoms with Crippen molar-refractivity contribution in [2.24, 2.45) is 5.73 Å². The minimum atomic E-state index is 0.0827. The Morgan fingerprint density at radius 1 is 1.62 bits per heavy atom. The molecule has 0 aromatic heterocycles. The van der Waals surface area contributed by atoms with Crippen LogP contribution in [0.4, 0.5) is 0 Å². The van der Waals surface area contributed by atoms with E-state index in [9.17, 15) is 0 Å². The molecule has 2 unspecified atom stereocenters. The third kappa shape index (κ3) is 1.58. The molecule has 0 saturated carbocycles. The maximum Gasteiger partial charge on any atom is 0.124 e. The van der Waals surface area contributed by atoms with Gasteiger partial charge in [0.2, 0.25) is 0 Å². The molecule has 2 N–H and O–H groups in total. The number of fused-ring (bicyclic) bond motifs is 1. The first kappa shape index (κ1) is 9.03. The molecule has 0 spiro atoms. The standard InChI is InChI=1S/C10H12BrNO/c1-6(12)10-5-7-8(11)3-2-4-9(7)13-10/h2-4,6,10H,5,12H2,1H3. The van der Waals surface area contributed by atoms with Crippen LogP contribution in [-0.2, 0) is 6.42 Å². The molecule has 2 rings (SSSR count). The second kappa shape index (κ2) is 3.31. The van der Waals surface area contributed by atoms with Gasteiger partial charge >= 0.3 is 0 Å². The summed E-state index contributed by atoms with van der Waals surface area (Å²) < 4.78 is 6.81. The highest BCUT2D eigenvalue weighted by molar-refractivity contribution is 9.10. The van der Waals surface area contributed by atoms with Crippen LogP contribution in [0.1, 0.15) is 12.5 Å². The number of rotatable bonds is 1. The van der Waals surface area contributed by atoms with Crippen molar-refractivity contribution in [1.82, 2.24) is 0 Å². The molecule has 1 aliphatic heterocycles. The Morgan fingerprint density at radius 3 is 3.00 bits per heavy atom. The monoisotopic (exact) mass is 241 g/mol. The van der Waals surface area contributed by atoms with Crippen molar-refractivity contribution in [2.75, 3.05) is 0 Å². The summed E-state index contributed by atoms with van der Waals surface area (Å²) in [5.41, 5.74) is 7.03. The number of ether oxygens (including phenoxy) is 1. The zero-order valence-electron chi connectivity index (χ0n) is 7.46. The van der Waals surface area contributed by atoms with Gasteiger partial charge in [-0.2, -0.15) is 0 Å². The quantitative estimate of drug-likeness (QED) is 0.818. The first-order valence-corrected chi connectivity index (χ1v) is 5.17. The lowest BCUT2D eigenvalue weighted by atomic mass is 10.1. The number of halogens is 1. The molecule has 1 heterocycles. The molecule has 0 saturated heterocycles. The molecular formula is C10H12BrNO. The third-order valence-corrected chi connectivity index (χ3v) is 3.09. The second-order valence-electron chi connectivity index (χ2n) is 3.44. The van der Waals surface area contributed by atoms with E-state index >= 15 is 0 Å². The molecule has 2 atom stereocenters. The summed E-state index contributed by atoms with van der Waals surface area (Å²) in [5, 5.41) is 0. The fraction of sp³-hybridized carbons (Fsp3) is 0.400. The molecule has 3 heteroatoms. The highest BCUT2D eigenvalue weighted by Gasteiger charge is 2.26. The molecule has 0 aliphatic carbocycles. The number of hydrogen-bond acceptors (Lipinski definition) is 2. The van der Waals surface area contributed by atoms with E-state index in [1.54, 1.807) is 0 Å². The van der Waals surface area contributed by atoms with Crippen LogP contribution in [0, 0.1) is 0 Å². The summed E-state index contributed by atoms with van der Waals surface area (Å²) in [6, 6.07) is 6.08. The SMILES string of the molecule is CC(N)C1Cc2c(Br)cccc2O1. The summed E-state index contributed by atoms with van der Waals surface area (Å²) >= 11 is 3.50. The summed E-state index contributed by atoms with van der Waals surface area (Å²) in [6.07, 6.45) is 1.04. The van der Waals surface area contributed by atoms with Crippen molar-refractivity contribution >= 4 is 15.9 Å². The lowest BCUT2D eigenvalue weighted by Crippen LogP contribution is -2.34. The predicted octanol–water partition coefficient (Wildman–Crippen LogP) is 2.10. The highest BCUT2D eigenvalue weighted by Crippen LogP contribution is 2.34. The van der Waals surface area contributed by atoms with E-state index in [1.165, 1.54) is 5.56 Å². The van der Waals surface area contributed by atoms with E-state index in [-0.39, 0.29) is 12.1 Å². The van der Waals surface area contributed by atoms with Crippen LogP contribution in [0.3, 0.4) is 0 Å². The molecule has 0 fully saturated rings. The Bertz CT molecular complexity index is 325. The lowest BCUT2D eigenvalue weighted by Gasteiger charge is -2.13. The van der Waals surface area contributed by atoms with Crippen molar-refractivity contribution in [2.45, 2.75) is 25.5 Å². The molecule has 1 aromatic carbocycles. The topological polar surface area (TPSA) is 35.2 Å². The predicted molar refractivity (Wildman–Crippen MR) is 55.9 cm³/mol. The maximum absolute atomic E-state index is 5.79. The van der Waals surface area contributed by atoms with E-state index in [4.69, 9.17) is 10.5 Å². The van der Waals surface area contributed by atoms with E-state index in [2.05, 4.69) is 15.9 Å². The molecule has 1 aromatic rings. The first-order valence-electron chi connectivity index (χ1n) is 4.38. The normalized spacial score (nSPS) is 22.2. The van der Waals surface area contributed by atoms with Gasteiger partial charge in [0, 0.05) is 22.5 Å². The molecule has 70 valence electrons. The van der Waals surface area contributed by atoms with Gasteiger partial charge in [0.15, 0.2) is 0 Å². The van der Waals surface area contributed by atoms with Crippen LogP contribution in [0.25, 0.3) is 0 Å². The molecule has 1 aliphatic rings. The summed E-state index contributed by atoms with van der Waals surface area (Å²) in [5.74, 6) is 0.969. The van der Waals surface area contributed by atoms with E-state index in [0.29, 0.717) is 0 Å². The fourth-order valence-corrected chi connectivity index (χ4v) is 2.06. The molecule has 0 bridgehead atoms. The first-order chi connectivity index (χ1) is 6.18. The van der Waals surface area contributed by atoms with Gasteiger partial charge in [0.25, 0.3) is 0 Å². The van der Waals surface area contributed by atoms with Gasteiger partial charge < -0.3 is 10.5 Å². The van der Waals surface area contributed by atoms with Gasteiger partial charge in [-0.1, -0.05) is 22.0 Å². The maximum atomic E-state index is 5.79. The zero-order valence-corrected chi connectivity index (χ0v) is 9.04. The Labute approximate surface area is 86.2 Å². The molecule has 0 amide bonds. The minimum absolute atomic E-state index is 0.0827. The smallest absolute Gasteiger partial charge is 0.124 e. The van der Waals surface area contributed by atoms with Gasteiger partial charge in [0.1, 0.15) is 11.9 Å². The Kier molecular flexibility index (Phi) is 2.30. The van der Waals surface area contributed by atoms with E-state index < -0.39 is 0 Å². The van der Waals surface area contributed by atoms with Crippen molar-refractivity contribution in [3.8, 4) is 5.75 Å². The van der Waals surface area contributed by atoms with Crippen LogP contribution in [0.5, 0.6) is 5.75 Å². The second-order valence-corrected chi connectivity index (χ2v) is 4.29. The van der Waals surface area contributed by atoms with Crippen LogP contribution in [-0.4, -0.2) is 12.1 Å². The van der Waals surface area contributed by atoms with Crippen LogP contribution in [0.2, 0.25) is 0 Å². The highest BCUT2D eigenvalue weighted by atomic mass is 79.9. The zero-order chi connectivity index (χ0) is 9.42. The van der Waals surface area contributed by atoms with Gasteiger partial charge in [-0.3, -0.25) is 0 Å². The van der Waals surface area contributed by atoms with Crippen LogP contribution in [0.15, 0.2) is 22.7 Å². The minimum Gasteiger partial charge on any atom is -0.488 e. The number of benzene rings is 1. The lowest BCUT2D eigenvalue weighted by molar-refractivity contribution is 0.206. The van der Waals surface area contributed by atoms with Crippen LogP contribution < -0.4 is 10.5 Å². The molecule has 13 heavy (non-hydrogen) atoms. The third-order valence-electron chi connectivity index (χ3n) is 2.35. The molecular weight excluding hydrogens is 230 g/mol. The number of nitrogens with two attached hydrogens (primary N) is 1. The summed E-state index contributed by atoms with van der Waals surface area (Å²) in [7, 11) is 0. The van der Waals surface area contributed by atoms with Gasteiger partial charge in [0.05, 0.1) is 0 Å². The van der Waals surface area contributed by atoms with E-state index in [1.807, 2.05) is 25.1 Å². The van der Waals surface area contributed by atoms with Crippen molar-refractivity contribution in [1.29, 1.82) is 0 Å². The summed E-state index contributed by atoms with van der Waals surface area (Å²) in [4.78, 5) is 0. The Balaban J connectivity index is 2.30. The number of hydrogen-bond donors (Lipinski definition) is 1. The fourth-order valence-electron chi connectivity index (χ4n) is 1.55. The Morgan fingerprint density at radius 2 is 2.38 bits per heavy atom. The van der Waals surface area contributed by atoms with Crippen molar-refractivity contribution < 1.29 is 4.74 Å². The average Bonchev–Trinajstić information content (AvgIpc) is 2.49. The van der Waals surface area contributed by atoms with Crippen molar-refractivity contribution in [3.63, 3.8) is 0 Å². The Hall–Kier alpha value is -0.540.